The van der Waals surface area contributed by atoms with E-state index in [9.17, 15) is 0 Å². The van der Waals surface area contributed by atoms with Gasteiger partial charge in [0, 0.05) is 57.0 Å². The van der Waals surface area contributed by atoms with Crippen molar-refractivity contribution in [1.82, 2.24) is 15.5 Å². The number of para-hydroxylation sites is 1. The lowest BCUT2D eigenvalue weighted by atomic mass is 10.2. The minimum atomic E-state index is 0. The van der Waals surface area contributed by atoms with Gasteiger partial charge in [-0.1, -0.05) is 18.2 Å². The normalized spacial score (nSPS) is 17.6. The number of nitrogens with one attached hydrogen (secondary N) is 2. The van der Waals surface area contributed by atoms with Crippen molar-refractivity contribution >= 4 is 35.6 Å². The number of benzene rings is 1. The summed E-state index contributed by atoms with van der Waals surface area (Å²) in [5.41, 5.74) is 1.31. The van der Waals surface area contributed by atoms with Crippen LogP contribution < -0.4 is 15.5 Å². The molecule has 1 aromatic carbocycles. The Balaban J connectivity index is 0.00000364. The van der Waals surface area contributed by atoms with E-state index in [4.69, 9.17) is 0 Å². The van der Waals surface area contributed by atoms with Crippen LogP contribution >= 0.6 is 24.0 Å². The third kappa shape index (κ3) is 7.86. The minimum absolute atomic E-state index is 0. The van der Waals surface area contributed by atoms with Gasteiger partial charge in [-0.25, -0.2) is 0 Å². The summed E-state index contributed by atoms with van der Waals surface area (Å²) < 4.78 is 0. The maximum absolute atomic E-state index is 4.40. The first kappa shape index (κ1) is 24.0. The minimum Gasteiger partial charge on any atom is -0.369 e. The average Bonchev–Trinajstić information content (AvgIpc) is 3.09. The molecule has 0 bridgehead atoms. The number of aliphatic imine (C=N–C) groups is 1. The third-order valence-corrected chi connectivity index (χ3v) is 5.09. The molecule has 2 rings (SSSR count). The molecule has 1 saturated heterocycles. The van der Waals surface area contributed by atoms with Crippen LogP contribution in [0.2, 0.25) is 0 Å². The third-order valence-electron chi connectivity index (χ3n) is 5.09. The fourth-order valence-electron chi connectivity index (χ4n) is 3.72. The van der Waals surface area contributed by atoms with Gasteiger partial charge in [-0.15, -0.1) is 24.0 Å². The van der Waals surface area contributed by atoms with Gasteiger partial charge in [0.15, 0.2) is 5.96 Å². The van der Waals surface area contributed by atoms with Crippen molar-refractivity contribution in [2.45, 2.75) is 58.7 Å². The van der Waals surface area contributed by atoms with Gasteiger partial charge in [0.05, 0.1) is 0 Å². The summed E-state index contributed by atoms with van der Waals surface area (Å²) in [4.78, 5) is 9.37. The number of hydrogen-bond acceptors (Lipinski definition) is 3. The lowest BCUT2D eigenvalue weighted by molar-refractivity contribution is 0.173. The van der Waals surface area contributed by atoms with E-state index >= 15 is 0 Å². The van der Waals surface area contributed by atoms with Crippen LogP contribution in [0.5, 0.6) is 0 Å². The van der Waals surface area contributed by atoms with Gasteiger partial charge in [0.1, 0.15) is 0 Å². The van der Waals surface area contributed by atoms with E-state index in [2.05, 4.69) is 83.5 Å². The Labute approximate surface area is 183 Å². The van der Waals surface area contributed by atoms with Crippen LogP contribution in [0.25, 0.3) is 0 Å². The zero-order valence-corrected chi connectivity index (χ0v) is 19.9. The van der Waals surface area contributed by atoms with Crippen LogP contribution in [0, 0.1) is 0 Å². The molecule has 0 aromatic heterocycles. The van der Waals surface area contributed by atoms with Crippen molar-refractivity contribution in [3.05, 3.63) is 30.3 Å². The standard InChI is InChI=1S/C21H37N5.HI/c1-17(2)26(18(3)4)14-9-13-23-21(22-5)24-19-12-15-25(16-19)20-10-7-6-8-11-20;/h6-8,10-11,17-19H,9,12-16H2,1-5H3,(H2,22,23,24);1H. The van der Waals surface area contributed by atoms with Gasteiger partial charge >= 0.3 is 0 Å². The number of halogens is 1. The predicted molar refractivity (Wildman–Crippen MR) is 129 cm³/mol. The molecule has 1 aromatic rings. The van der Waals surface area contributed by atoms with E-state index in [1.165, 1.54) is 5.69 Å². The highest BCUT2D eigenvalue weighted by molar-refractivity contribution is 14.0. The Hall–Kier alpha value is -1.02. The number of rotatable bonds is 8. The predicted octanol–water partition coefficient (Wildman–Crippen LogP) is 3.56. The zero-order valence-electron chi connectivity index (χ0n) is 17.6. The highest BCUT2D eigenvalue weighted by Crippen LogP contribution is 2.19. The fourth-order valence-corrected chi connectivity index (χ4v) is 3.72. The number of hydrogen-bond donors (Lipinski definition) is 2. The summed E-state index contributed by atoms with van der Waals surface area (Å²) in [7, 11) is 1.85. The topological polar surface area (TPSA) is 42.9 Å². The molecule has 0 amide bonds. The van der Waals surface area contributed by atoms with Crippen LogP contribution in [0.1, 0.15) is 40.5 Å². The van der Waals surface area contributed by atoms with Gasteiger partial charge in [-0.2, -0.15) is 0 Å². The molecule has 1 atom stereocenters. The molecule has 27 heavy (non-hydrogen) atoms. The van der Waals surface area contributed by atoms with E-state index in [1.54, 1.807) is 0 Å². The molecule has 154 valence electrons. The molecule has 1 heterocycles. The van der Waals surface area contributed by atoms with Crippen molar-refractivity contribution in [1.29, 1.82) is 0 Å². The molecule has 2 N–H and O–H groups in total. The molecular weight excluding hydrogens is 449 g/mol. The molecule has 1 aliphatic rings. The van der Waals surface area contributed by atoms with Gasteiger partial charge in [-0.05, 0) is 52.7 Å². The summed E-state index contributed by atoms with van der Waals surface area (Å²) in [6.45, 7) is 13.3. The Bertz CT molecular complexity index is 539. The number of guanidine groups is 1. The number of nitrogens with zero attached hydrogens (tertiary/aromatic N) is 3. The molecular formula is C21H38IN5. The average molecular weight is 487 g/mol. The molecule has 0 aliphatic carbocycles. The lowest BCUT2D eigenvalue weighted by Crippen LogP contribution is -2.45. The van der Waals surface area contributed by atoms with E-state index < -0.39 is 0 Å². The van der Waals surface area contributed by atoms with E-state index in [0.717, 1.165) is 45.0 Å². The monoisotopic (exact) mass is 487 g/mol. The summed E-state index contributed by atoms with van der Waals surface area (Å²) in [6, 6.07) is 12.3. The first-order chi connectivity index (χ1) is 12.5. The van der Waals surface area contributed by atoms with Crippen LogP contribution in [0.15, 0.2) is 35.3 Å². The van der Waals surface area contributed by atoms with Gasteiger partial charge in [0.25, 0.3) is 0 Å². The molecule has 5 nitrogen and oxygen atoms in total. The van der Waals surface area contributed by atoms with Crippen molar-refractivity contribution in [3.8, 4) is 0 Å². The van der Waals surface area contributed by atoms with Crippen LogP contribution in [0.4, 0.5) is 5.69 Å². The van der Waals surface area contributed by atoms with Crippen LogP contribution in [-0.2, 0) is 0 Å². The number of anilines is 1. The highest BCUT2D eigenvalue weighted by Gasteiger charge is 2.23. The molecule has 1 unspecified atom stereocenters. The largest absolute Gasteiger partial charge is 0.369 e. The van der Waals surface area contributed by atoms with Crippen molar-refractivity contribution in [2.24, 2.45) is 4.99 Å². The fraction of sp³-hybridized carbons (Fsp3) is 0.667. The quantitative estimate of drug-likeness (QED) is 0.255. The molecule has 0 spiro atoms. The van der Waals surface area contributed by atoms with E-state index in [1.807, 2.05) is 7.05 Å². The van der Waals surface area contributed by atoms with Crippen LogP contribution in [0.3, 0.4) is 0 Å². The van der Waals surface area contributed by atoms with Crippen molar-refractivity contribution < 1.29 is 0 Å². The summed E-state index contributed by atoms with van der Waals surface area (Å²) in [5, 5.41) is 7.06. The van der Waals surface area contributed by atoms with E-state index in [0.29, 0.717) is 18.1 Å². The highest BCUT2D eigenvalue weighted by atomic mass is 127. The molecule has 6 heteroatoms. The van der Waals surface area contributed by atoms with Gasteiger partial charge in [-0.3, -0.25) is 9.89 Å². The van der Waals surface area contributed by atoms with Gasteiger partial charge < -0.3 is 15.5 Å². The SMILES string of the molecule is CN=C(NCCCN(C(C)C)C(C)C)NC1CCN(c2ccccc2)C1.I. The first-order valence-electron chi connectivity index (χ1n) is 10.0. The van der Waals surface area contributed by atoms with Crippen molar-refractivity contribution in [2.75, 3.05) is 38.1 Å². The summed E-state index contributed by atoms with van der Waals surface area (Å²) in [5.74, 6) is 0.922. The first-order valence-corrected chi connectivity index (χ1v) is 10.0. The zero-order chi connectivity index (χ0) is 18.9. The second-order valence-electron chi connectivity index (χ2n) is 7.69. The summed E-state index contributed by atoms with van der Waals surface area (Å²) in [6.07, 6.45) is 2.27. The Morgan fingerprint density at radius 3 is 2.44 bits per heavy atom. The van der Waals surface area contributed by atoms with Crippen molar-refractivity contribution in [3.63, 3.8) is 0 Å². The smallest absolute Gasteiger partial charge is 0.191 e. The Morgan fingerprint density at radius 1 is 1.19 bits per heavy atom. The summed E-state index contributed by atoms with van der Waals surface area (Å²) >= 11 is 0. The second kappa shape index (κ2) is 12.4. The van der Waals surface area contributed by atoms with Gasteiger partial charge in [0.2, 0.25) is 0 Å². The molecule has 1 aliphatic heterocycles. The Kier molecular flexibility index (Phi) is 11.1. The Morgan fingerprint density at radius 2 is 1.85 bits per heavy atom. The molecule has 0 saturated carbocycles. The lowest BCUT2D eigenvalue weighted by Gasteiger charge is -2.30. The van der Waals surface area contributed by atoms with Crippen LogP contribution in [-0.4, -0.2) is 62.2 Å². The molecule has 0 radical (unpaired) electrons. The maximum Gasteiger partial charge on any atom is 0.191 e. The second-order valence-corrected chi connectivity index (χ2v) is 7.69. The molecule has 1 fully saturated rings. The van der Waals surface area contributed by atoms with E-state index in [-0.39, 0.29) is 24.0 Å². The maximum atomic E-state index is 4.40.